The summed E-state index contributed by atoms with van der Waals surface area (Å²) in [6, 6.07) is 13.8. The SMILES string of the molecule is COC(=O)c1ccc2cn(Cc3ccc(C)cc3)nc2c1. The van der Waals surface area contributed by atoms with Crippen LogP contribution in [0.2, 0.25) is 0 Å². The number of carbonyl (C=O) groups is 1. The zero-order chi connectivity index (χ0) is 14.8. The smallest absolute Gasteiger partial charge is 0.337 e. The van der Waals surface area contributed by atoms with Gasteiger partial charge in [0.15, 0.2) is 0 Å². The van der Waals surface area contributed by atoms with Gasteiger partial charge in [-0.05, 0) is 24.6 Å². The van der Waals surface area contributed by atoms with Crippen LogP contribution in [0, 0.1) is 6.92 Å². The molecule has 0 aliphatic carbocycles. The van der Waals surface area contributed by atoms with Gasteiger partial charge >= 0.3 is 5.97 Å². The van der Waals surface area contributed by atoms with Crippen LogP contribution in [0.25, 0.3) is 10.9 Å². The molecule has 0 fully saturated rings. The summed E-state index contributed by atoms with van der Waals surface area (Å²) in [7, 11) is 1.38. The van der Waals surface area contributed by atoms with Crippen LogP contribution in [0.5, 0.6) is 0 Å². The molecular weight excluding hydrogens is 264 g/mol. The molecule has 0 spiro atoms. The molecule has 21 heavy (non-hydrogen) atoms. The molecule has 4 nitrogen and oxygen atoms in total. The number of methoxy groups -OCH3 is 1. The predicted molar refractivity (Wildman–Crippen MR) is 81.4 cm³/mol. The van der Waals surface area contributed by atoms with Gasteiger partial charge in [-0.2, -0.15) is 5.10 Å². The summed E-state index contributed by atoms with van der Waals surface area (Å²) < 4.78 is 6.61. The van der Waals surface area contributed by atoms with Crippen molar-refractivity contribution in [1.29, 1.82) is 0 Å². The Morgan fingerprint density at radius 1 is 1.19 bits per heavy atom. The highest BCUT2D eigenvalue weighted by molar-refractivity contribution is 5.94. The van der Waals surface area contributed by atoms with Crippen molar-refractivity contribution >= 4 is 16.9 Å². The Kier molecular flexibility index (Phi) is 3.44. The third-order valence-electron chi connectivity index (χ3n) is 3.44. The molecule has 3 aromatic rings. The van der Waals surface area contributed by atoms with Crippen LogP contribution in [0.15, 0.2) is 48.7 Å². The van der Waals surface area contributed by atoms with E-state index in [1.54, 1.807) is 12.1 Å². The van der Waals surface area contributed by atoms with Crippen LogP contribution in [-0.2, 0) is 11.3 Å². The molecule has 0 radical (unpaired) electrons. The molecule has 0 bridgehead atoms. The molecule has 0 aliphatic rings. The van der Waals surface area contributed by atoms with E-state index in [9.17, 15) is 4.79 Å². The number of ether oxygens (including phenoxy) is 1. The summed E-state index contributed by atoms with van der Waals surface area (Å²) in [6.07, 6.45) is 1.98. The normalized spacial score (nSPS) is 10.8. The second kappa shape index (κ2) is 5.40. The molecule has 1 aromatic heterocycles. The topological polar surface area (TPSA) is 44.1 Å². The number of nitrogens with zero attached hydrogens (tertiary/aromatic N) is 2. The van der Waals surface area contributed by atoms with Crippen molar-refractivity contribution in [2.75, 3.05) is 7.11 Å². The number of rotatable bonds is 3. The predicted octanol–water partition coefficient (Wildman–Crippen LogP) is 3.18. The monoisotopic (exact) mass is 280 g/mol. The summed E-state index contributed by atoms with van der Waals surface area (Å²) >= 11 is 0. The maximum atomic E-state index is 11.5. The van der Waals surface area contributed by atoms with E-state index >= 15 is 0 Å². The lowest BCUT2D eigenvalue weighted by atomic mass is 10.1. The minimum atomic E-state index is -0.343. The molecule has 1 heterocycles. The average Bonchev–Trinajstić information content (AvgIpc) is 2.90. The molecule has 0 N–H and O–H groups in total. The van der Waals surface area contributed by atoms with E-state index in [0.29, 0.717) is 12.1 Å². The van der Waals surface area contributed by atoms with E-state index in [4.69, 9.17) is 4.74 Å². The first-order valence-corrected chi connectivity index (χ1v) is 6.77. The van der Waals surface area contributed by atoms with Crippen molar-refractivity contribution < 1.29 is 9.53 Å². The zero-order valence-corrected chi connectivity index (χ0v) is 12.0. The third kappa shape index (κ3) is 2.79. The number of fused-ring (bicyclic) bond motifs is 1. The fourth-order valence-corrected chi connectivity index (χ4v) is 2.27. The van der Waals surface area contributed by atoms with Crippen molar-refractivity contribution in [2.45, 2.75) is 13.5 Å². The molecule has 0 unspecified atom stereocenters. The Labute approximate surface area is 123 Å². The van der Waals surface area contributed by atoms with Crippen LogP contribution in [0.3, 0.4) is 0 Å². The minimum absolute atomic E-state index is 0.343. The van der Waals surface area contributed by atoms with Crippen LogP contribution in [0.1, 0.15) is 21.5 Å². The van der Waals surface area contributed by atoms with Crippen molar-refractivity contribution in [3.63, 3.8) is 0 Å². The number of benzene rings is 2. The standard InChI is InChI=1S/C17H16N2O2/c1-12-3-5-13(6-4-12)10-19-11-15-8-7-14(17(20)21-2)9-16(15)18-19/h3-9,11H,10H2,1-2H3. The molecule has 0 aliphatic heterocycles. The summed E-state index contributed by atoms with van der Waals surface area (Å²) in [5, 5.41) is 5.53. The quantitative estimate of drug-likeness (QED) is 0.692. The van der Waals surface area contributed by atoms with Gasteiger partial charge in [-0.1, -0.05) is 35.9 Å². The molecule has 106 valence electrons. The van der Waals surface area contributed by atoms with E-state index in [-0.39, 0.29) is 5.97 Å². The second-order valence-corrected chi connectivity index (χ2v) is 5.08. The zero-order valence-electron chi connectivity index (χ0n) is 12.0. The Bertz CT molecular complexity index is 788. The fraction of sp³-hybridized carbons (Fsp3) is 0.176. The van der Waals surface area contributed by atoms with Gasteiger partial charge in [0, 0.05) is 11.6 Å². The molecule has 0 atom stereocenters. The lowest BCUT2D eigenvalue weighted by Gasteiger charge is -2.01. The number of aryl methyl sites for hydroxylation is 1. The van der Waals surface area contributed by atoms with Gasteiger partial charge in [0.2, 0.25) is 0 Å². The first-order chi connectivity index (χ1) is 10.2. The fourth-order valence-electron chi connectivity index (χ4n) is 2.27. The molecule has 0 saturated heterocycles. The van der Waals surface area contributed by atoms with E-state index in [1.807, 2.05) is 16.9 Å². The van der Waals surface area contributed by atoms with Crippen LogP contribution < -0.4 is 0 Å². The molecule has 4 heteroatoms. The van der Waals surface area contributed by atoms with E-state index < -0.39 is 0 Å². The molecular formula is C17H16N2O2. The van der Waals surface area contributed by atoms with Gasteiger partial charge in [-0.3, -0.25) is 4.68 Å². The maximum Gasteiger partial charge on any atom is 0.337 e. The number of aromatic nitrogens is 2. The van der Waals surface area contributed by atoms with Crippen molar-refractivity contribution in [3.8, 4) is 0 Å². The molecule has 3 rings (SSSR count). The first kappa shape index (κ1) is 13.4. The van der Waals surface area contributed by atoms with E-state index in [2.05, 4.69) is 36.3 Å². The van der Waals surface area contributed by atoms with Crippen molar-refractivity contribution in [2.24, 2.45) is 0 Å². The summed E-state index contributed by atoms with van der Waals surface area (Å²) in [5.41, 5.74) is 3.75. The van der Waals surface area contributed by atoms with Gasteiger partial charge in [-0.15, -0.1) is 0 Å². The van der Waals surface area contributed by atoms with Crippen molar-refractivity contribution in [3.05, 3.63) is 65.4 Å². The largest absolute Gasteiger partial charge is 0.465 e. The Hall–Kier alpha value is -2.62. The Morgan fingerprint density at radius 3 is 2.67 bits per heavy atom. The Balaban J connectivity index is 1.90. The highest BCUT2D eigenvalue weighted by atomic mass is 16.5. The Morgan fingerprint density at radius 2 is 1.95 bits per heavy atom. The third-order valence-corrected chi connectivity index (χ3v) is 3.44. The summed E-state index contributed by atoms with van der Waals surface area (Å²) in [6.45, 7) is 2.78. The number of hydrogen-bond donors (Lipinski definition) is 0. The average molecular weight is 280 g/mol. The lowest BCUT2D eigenvalue weighted by Crippen LogP contribution is -2.01. The minimum Gasteiger partial charge on any atom is -0.465 e. The first-order valence-electron chi connectivity index (χ1n) is 6.77. The molecule has 0 amide bonds. The number of carbonyl (C=O) groups excluding carboxylic acids is 1. The van der Waals surface area contributed by atoms with Crippen LogP contribution in [0.4, 0.5) is 0 Å². The second-order valence-electron chi connectivity index (χ2n) is 5.08. The summed E-state index contributed by atoms with van der Waals surface area (Å²) in [5.74, 6) is -0.343. The van der Waals surface area contributed by atoms with Gasteiger partial charge in [-0.25, -0.2) is 4.79 Å². The van der Waals surface area contributed by atoms with Crippen molar-refractivity contribution in [1.82, 2.24) is 9.78 Å². The number of esters is 1. The highest BCUT2D eigenvalue weighted by Gasteiger charge is 2.08. The van der Waals surface area contributed by atoms with E-state index in [0.717, 1.165) is 10.9 Å². The van der Waals surface area contributed by atoms with Crippen LogP contribution in [-0.4, -0.2) is 22.9 Å². The van der Waals surface area contributed by atoms with Gasteiger partial charge in [0.05, 0.1) is 24.7 Å². The van der Waals surface area contributed by atoms with Gasteiger partial charge < -0.3 is 4.74 Å². The van der Waals surface area contributed by atoms with E-state index in [1.165, 1.54) is 18.2 Å². The highest BCUT2D eigenvalue weighted by Crippen LogP contribution is 2.16. The molecule has 2 aromatic carbocycles. The maximum absolute atomic E-state index is 11.5. The molecule has 0 saturated carbocycles. The van der Waals surface area contributed by atoms with Crippen LogP contribution >= 0.6 is 0 Å². The van der Waals surface area contributed by atoms with Gasteiger partial charge in [0.25, 0.3) is 0 Å². The summed E-state index contributed by atoms with van der Waals surface area (Å²) in [4.78, 5) is 11.5. The number of hydrogen-bond acceptors (Lipinski definition) is 3. The van der Waals surface area contributed by atoms with Gasteiger partial charge in [0.1, 0.15) is 0 Å². The lowest BCUT2D eigenvalue weighted by molar-refractivity contribution is 0.0601.